The molecule has 230 valence electrons. The molecule has 1 fully saturated rings. The number of hydrogen-bond acceptors (Lipinski definition) is 6. The van der Waals surface area contributed by atoms with E-state index in [9.17, 15) is 14.7 Å². The van der Waals surface area contributed by atoms with Crippen molar-refractivity contribution in [1.82, 2.24) is 19.7 Å². The number of anilines is 1. The molecule has 0 unspecified atom stereocenters. The van der Waals surface area contributed by atoms with Crippen molar-refractivity contribution in [2.75, 3.05) is 11.9 Å². The number of hydrogen-bond donors (Lipinski definition) is 1. The summed E-state index contributed by atoms with van der Waals surface area (Å²) in [4.78, 5) is 32.5. The summed E-state index contributed by atoms with van der Waals surface area (Å²) >= 11 is 0. The summed E-state index contributed by atoms with van der Waals surface area (Å²) in [5, 5.41) is 15.1. The number of carboxylic acid groups (broad SMARTS) is 1. The maximum atomic E-state index is 13.2. The first-order valence-corrected chi connectivity index (χ1v) is 14.9. The van der Waals surface area contributed by atoms with Crippen LogP contribution in [0.1, 0.15) is 30.9 Å². The topological polar surface area (TPSA) is 110 Å². The third-order valence-electron chi connectivity index (χ3n) is 8.23. The molecule has 0 bridgehead atoms. The normalized spacial score (nSPS) is 16.5. The van der Waals surface area contributed by atoms with Crippen LogP contribution in [-0.2, 0) is 25.1 Å². The Hall–Kier alpha value is -5.38. The molecule has 10 nitrogen and oxygen atoms in total. The van der Waals surface area contributed by atoms with Gasteiger partial charge in [0, 0.05) is 49.7 Å². The zero-order valence-corrected chi connectivity index (χ0v) is 25.5. The second-order valence-corrected chi connectivity index (χ2v) is 11.3. The summed E-state index contributed by atoms with van der Waals surface area (Å²) in [5.74, 6) is 0.736. The molecule has 1 saturated heterocycles. The van der Waals surface area contributed by atoms with Crippen LogP contribution in [0.4, 0.5) is 10.5 Å². The lowest BCUT2D eigenvalue weighted by Gasteiger charge is -2.40. The third kappa shape index (κ3) is 6.31. The lowest BCUT2D eigenvalue weighted by Crippen LogP contribution is -2.52. The average molecular weight is 606 g/mol. The summed E-state index contributed by atoms with van der Waals surface area (Å²) in [6.07, 6.45) is -0.348. The van der Waals surface area contributed by atoms with E-state index in [1.165, 1.54) is 11.9 Å². The summed E-state index contributed by atoms with van der Waals surface area (Å²) in [6.45, 7) is 2.65. The number of rotatable bonds is 9. The van der Waals surface area contributed by atoms with Gasteiger partial charge >= 0.3 is 6.09 Å². The summed E-state index contributed by atoms with van der Waals surface area (Å²) in [6, 6.07) is 28.8. The number of fused-ring (bicyclic) bond motifs is 1. The van der Waals surface area contributed by atoms with Gasteiger partial charge in [-0.15, -0.1) is 0 Å². The zero-order chi connectivity index (χ0) is 31.5. The van der Waals surface area contributed by atoms with Crippen molar-refractivity contribution >= 4 is 28.6 Å². The number of nitrogens with zero attached hydrogens (tertiary/aromatic N) is 5. The molecule has 1 aliphatic rings. The Morgan fingerprint density at radius 2 is 1.62 bits per heavy atom. The van der Waals surface area contributed by atoms with Gasteiger partial charge in [-0.2, -0.15) is 10.1 Å². The van der Waals surface area contributed by atoms with Crippen molar-refractivity contribution < 1.29 is 24.2 Å². The van der Waals surface area contributed by atoms with Crippen LogP contribution in [0.2, 0.25) is 0 Å². The first-order valence-electron chi connectivity index (χ1n) is 14.9. The molecule has 3 heterocycles. The minimum absolute atomic E-state index is 0.111. The van der Waals surface area contributed by atoms with Gasteiger partial charge in [0.2, 0.25) is 17.7 Å². The summed E-state index contributed by atoms with van der Waals surface area (Å²) in [7, 11) is 3.38. The highest BCUT2D eigenvalue weighted by Crippen LogP contribution is 2.37. The standard InChI is InChI=1S/C35H35N5O5/c1-23-18-27(38(2)35(42)43)20-32(41)40(23)26-14-15-28-30(19-26)39(3)37-33(28)29-16-17-31(44-21-24-10-6-4-7-11-24)36-34(29)45-22-25-12-8-5-9-13-25/h4-17,19,23,27H,18,20-22H2,1-3H3,(H,42,43)/t23-,27+/m1/s1. The predicted octanol–water partition coefficient (Wildman–Crippen LogP) is 6.29. The SMILES string of the molecule is C[C@@H]1C[C@H](N(C)C(=O)O)CC(=O)N1c1ccc2c(-c3ccc(OCc4ccccc4)nc3OCc3ccccc3)nn(C)c2c1. The molecule has 2 aromatic heterocycles. The molecule has 3 aromatic carbocycles. The second-order valence-electron chi connectivity index (χ2n) is 11.3. The van der Waals surface area contributed by atoms with Crippen LogP contribution < -0.4 is 14.4 Å². The van der Waals surface area contributed by atoms with E-state index in [-0.39, 0.29) is 24.4 Å². The van der Waals surface area contributed by atoms with Gasteiger partial charge in [-0.3, -0.25) is 9.48 Å². The average Bonchev–Trinajstić information content (AvgIpc) is 3.38. The van der Waals surface area contributed by atoms with Crippen molar-refractivity contribution in [3.63, 3.8) is 0 Å². The Kier molecular flexibility index (Phi) is 8.37. The van der Waals surface area contributed by atoms with Crippen LogP contribution >= 0.6 is 0 Å². The minimum atomic E-state index is -1.03. The molecule has 0 radical (unpaired) electrons. The van der Waals surface area contributed by atoms with E-state index in [1.807, 2.05) is 105 Å². The van der Waals surface area contributed by atoms with Crippen molar-refractivity contribution in [3.8, 4) is 23.0 Å². The Balaban J connectivity index is 1.31. The van der Waals surface area contributed by atoms with Crippen LogP contribution in [0.15, 0.2) is 91.0 Å². The molecule has 6 rings (SSSR count). The second kappa shape index (κ2) is 12.7. The molecule has 1 N–H and O–H groups in total. The minimum Gasteiger partial charge on any atom is -0.473 e. The van der Waals surface area contributed by atoms with E-state index >= 15 is 0 Å². The Morgan fingerprint density at radius 3 is 2.27 bits per heavy atom. The number of amides is 2. The first kappa shape index (κ1) is 29.7. The largest absolute Gasteiger partial charge is 0.473 e. The van der Waals surface area contributed by atoms with E-state index in [0.29, 0.717) is 37.1 Å². The van der Waals surface area contributed by atoms with E-state index in [2.05, 4.69) is 0 Å². The molecular weight excluding hydrogens is 570 g/mol. The lowest BCUT2D eigenvalue weighted by molar-refractivity contribution is -0.121. The van der Waals surface area contributed by atoms with Crippen LogP contribution in [0.25, 0.3) is 22.2 Å². The Labute approximate surface area is 261 Å². The summed E-state index contributed by atoms with van der Waals surface area (Å²) in [5.41, 5.74) is 5.05. The van der Waals surface area contributed by atoms with Crippen LogP contribution in [0, 0.1) is 0 Å². The van der Waals surface area contributed by atoms with Crippen molar-refractivity contribution in [2.45, 2.75) is 45.1 Å². The molecule has 1 aliphatic heterocycles. The first-order chi connectivity index (χ1) is 21.8. The van der Waals surface area contributed by atoms with Crippen molar-refractivity contribution in [3.05, 3.63) is 102 Å². The number of carbonyl (C=O) groups is 2. The van der Waals surface area contributed by atoms with Gasteiger partial charge < -0.3 is 24.4 Å². The highest BCUT2D eigenvalue weighted by Gasteiger charge is 2.36. The molecule has 2 amide bonds. The fourth-order valence-electron chi connectivity index (χ4n) is 5.82. The van der Waals surface area contributed by atoms with Crippen LogP contribution in [0.3, 0.4) is 0 Å². The third-order valence-corrected chi connectivity index (χ3v) is 8.23. The van der Waals surface area contributed by atoms with E-state index < -0.39 is 6.09 Å². The number of carbonyl (C=O) groups excluding carboxylic acids is 1. The van der Waals surface area contributed by atoms with Gasteiger partial charge in [0.25, 0.3) is 0 Å². The summed E-state index contributed by atoms with van der Waals surface area (Å²) < 4.78 is 14.1. The molecule has 45 heavy (non-hydrogen) atoms. The number of aromatic nitrogens is 3. The fourth-order valence-corrected chi connectivity index (χ4v) is 5.82. The highest BCUT2D eigenvalue weighted by molar-refractivity contribution is 6.00. The number of benzene rings is 3. The Morgan fingerprint density at radius 1 is 0.956 bits per heavy atom. The van der Waals surface area contributed by atoms with Crippen LogP contribution in [-0.4, -0.2) is 55.9 Å². The smallest absolute Gasteiger partial charge is 0.407 e. The molecule has 5 aromatic rings. The number of aryl methyl sites for hydroxylation is 1. The molecule has 0 saturated carbocycles. The van der Waals surface area contributed by atoms with Gasteiger partial charge in [-0.25, -0.2) is 4.79 Å². The molecule has 2 atom stereocenters. The van der Waals surface area contributed by atoms with Crippen molar-refractivity contribution in [2.24, 2.45) is 7.05 Å². The van der Waals surface area contributed by atoms with Crippen molar-refractivity contribution in [1.29, 1.82) is 0 Å². The molecule has 0 aliphatic carbocycles. The van der Waals surface area contributed by atoms with Crippen LogP contribution in [0.5, 0.6) is 11.8 Å². The van der Waals surface area contributed by atoms with Gasteiger partial charge in [-0.1, -0.05) is 60.7 Å². The predicted molar refractivity (Wildman–Crippen MR) is 171 cm³/mol. The van der Waals surface area contributed by atoms with E-state index in [4.69, 9.17) is 19.6 Å². The molecule has 10 heteroatoms. The lowest BCUT2D eigenvalue weighted by atomic mass is 9.95. The van der Waals surface area contributed by atoms with Gasteiger partial charge in [-0.05, 0) is 48.7 Å². The van der Waals surface area contributed by atoms with Gasteiger partial charge in [0.1, 0.15) is 18.9 Å². The maximum absolute atomic E-state index is 13.2. The fraction of sp³-hybridized carbons (Fsp3) is 0.257. The van der Waals surface area contributed by atoms with Gasteiger partial charge in [0.05, 0.1) is 11.1 Å². The van der Waals surface area contributed by atoms with E-state index in [0.717, 1.165) is 33.3 Å². The molecular formula is C35H35N5O5. The Bertz CT molecular complexity index is 1830. The quantitative estimate of drug-likeness (QED) is 0.210. The van der Waals surface area contributed by atoms with Gasteiger partial charge in [0.15, 0.2) is 0 Å². The maximum Gasteiger partial charge on any atom is 0.407 e. The number of ether oxygens (including phenoxy) is 2. The highest BCUT2D eigenvalue weighted by atomic mass is 16.5. The number of piperidine rings is 1. The monoisotopic (exact) mass is 605 g/mol. The number of pyridine rings is 1. The molecule has 0 spiro atoms. The zero-order valence-electron chi connectivity index (χ0n) is 25.5. The van der Waals surface area contributed by atoms with E-state index in [1.54, 1.807) is 9.58 Å².